The average Bonchev–Trinajstić information content (AvgIpc) is 3.43. The molecule has 3 heterocycles. The Balaban J connectivity index is 1.62. The van der Waals surface area contributed by atoms with E-state index in [0.29, 0.717) is 32.2 Å². The molecule has 5 atom stereocenters. The molecule has 0 bridgehead atoms. The third-order valence-corrected chi connectivity index (χ3v) is 7.17. The van der Waals surface area contributed by atoms with E-state index in [0.717, 1.165) is 32.2 Å². The molecule has 3 rings (SSSR count). The van der Waals surface area contributed by atoms with Crippen LogP contribution in [0.1, 0.15) is 58.8 Å². The van der Waals surface area contributed by atoms with Gasteiger partial charge in [-0.15, -0.1) is 0 Å². The van der Waals surface area contributed by atoms with Crippen LogP contribution in [0.3, 0.4) is 0 Å². The predicted molar refractivity (Wildman–Crippen MR) is 124 cm³/mol. The van der Waals surface area contributed by atoms with E-state index in [9.17, 15) is 24.0 Å². The van der Waals surface area contributed by atoms with Crippen LogP contribution < -0.4 is 5.32 Å². The molecule has 3 aliphatic heterocycles. The molecule has 10 heteroatoms. The lowest BCUT2D eigenvalue weighted by atomic mass is 9.99. The summed E-state index contributed by atoms with van der Waals surface area (Å²) in [6.07, 6.45) is 5.32. The number of carbonyl (C=O) groups is 5. The normalized spacial score (nSPS) is 28.4. The number of rotatable bonds is 8. The molecule has 190 valence electrons. The molecule has 3 fully saturated rings. The van der Waals surface area contributed by atoms with Crippen LogP contribution >= 0.6 is 0 Å². The zero-order valence-corrected chi connectivity index (χ0v) is 20.5. The first-order valence-electron chi connectivity index (χ1n) is 12.5. The Hall–Kier alpha value is -2.49. The van der Waals surface area contributed by atoms with E-state index in [1.807, 2.05) is 18.9 Å². The Morgan fingerprint density at radius 1 is 1.03 bits per heavy atom. The first-order chi connectivity index (χ1) is 16.2. The Morgan fingerprint density at radius 2 is 1.76 bits per heavy atom. The lowest BCUT2D eigenvalue weighted by Crippen LogP contribution is -2.58. The Bertz CT molecular complexity index is 789. The molecule has 0 radical (unpaired) electrons. The summed E-state index contributed by atoms with van der Waals surface area (Å²) < 4.78 is 5.15. The quantitative estimate of drug-likeness (QED) is 0.304. The molecular weight excluding hydrogens is 440 g/mol. The summed E-state index contributed by atoms with van der Waals surface area (Å²) in [6, 6.07) is -2.34. The first kappa shape index (κ1) is 26.1. The van der Waals surface area contributed by atoms with Crippen LogP contribution in [0.25, 0.3) is 0 Å². The summed E-state index contributed by atoms with van der Waals surface area (Å²) >= 11 is 0. The van der Waals surface area contributed by atoms with E-state index in [1.54, 1.807) is 11.8 Å². The molecule has 34 heavy (non-hydrogen) atoms. The molecule has 10 nitrogen and oxygen atoms in total. The largest absolute Gasteiger partial charge is 0.464 e. The van der Waals surface area contributed by atoms with Gasteiger partial charge < -0.3 is 24.6 Å². The average molecular weight is 479 g/mol. The lowest BCUT2D eigenvalue weighted by Gasteiger charge is -2.38. The second-order valence-electron chi connectivity index (χ2n) is 9.88. The summed E-state index contributed by atoms with van der Waals surface area (Å²) in [7, 11) is 1.94. The molecule has 0 aliphatic carbocycles. The van der Waals surface area contributed by atoms with Crippen molar-refractivity contribution in [2.45, 2.75) is 83.0 Å². The molecule has 0 spiro atoms. The van der Waals surface area contributed by atoms with E-state index >= 15 is 0 Å². The van der Waals surface area contributed by atoms with Gasteiger partial charge in [0.2, 0.25) is 17.7 Å². The first-order valence-corrected chi connectivity index (χ1v) is 12.5. The van der Waals surface area contributed by atoms with Crippen molar-refractivity contribution >= 4 is 30.0 Å². The fraction of sp³-hybridized carbons (Fsp3) is 0.792. The second-order valence-corrected chi connectivity index (χ2v) is 9.88. The molecule has 3 aliphatic rings. The fourth-order valence-electron chi connectivity index (χ4n) is 5.32. The molecule has 3 amide bonds. The van der Waals surface area contributed by atoms with Gasteiger partial charge in [-0.1, -0.05) is 6.92 Å². The van der Waals surface area contributed by atoms with Gasteiger partial charge >= 0.3 is 5.97 Å². The summed E-state index contributed by atoms with van der Waals surface area (Å²) in [6.45, 7) is 5.37. The monoisotopic (exact) mass is 478 g/mol. The minimum atomic E-state index is -0.837. The van der Waals surface area contributed by atoms with Gasteiger partial charge in [0.05, 0.1) is 12.6 Å². The molecule has 3 saturated heterocycles. The molecular formula is C24H38N4O6. The third kappa shape index (κ3) is 5.95. The van der Waals surface area contributed by atoms with Crippen LogP contribution in [0.15, 0.2) is 0 Å². The number of likely N-dealkylation sites (N-methyl/N-ethyl adjacent to an activating group) is 1. The number of esters is 1. The van der Waals surface area contributed by atoms with Gasteiger partial charge in [0.15, 0.2) is 0 Å². The maximum Gasteiger partial charge on any atom is 0.328 e. The highest BCUT2D eigenvalue weighted by Gasteiger charge is 2.42. The molecule has 1 N–H and O–H groups in total. The van der Waals surface area contributed by atoms with E-state index in [2.05, 4.69) is 5.32 Å². The number of nitrogens with zero attached hydrogens (tertiary/aromatic N) is 3. The van der Waals surface area contributed by atoms with Crippen molar-refractivity contribution in [1.29, 1.82) is 0 Å². The second kappa shape index (κ2) is 11.8. The van der Waals surface area contributed by atoms with Crippen LogP contribution in [-0.2, 0) is 28.7 Å². The van der Waals surface area contributed by atoms with Gasteiger partial charge in [-0.3, -0.25) is 19.3 Å². The van der Waals surface area contributed by atoms with Crippen molar-refractivity contribution in [3.05, 3.63) is 0 Å². The SMILES string of the molecule is CC1CC(C(=O)OCCC=O)N(C(=O)C(C)NC(=O)C2CCCCN2C(=O)[C@@H]2CCCN2C)C1. The summed E-state index contributed by atoms with van der Waals surface area (Å²) in [4.78, 5) is 67.7. The van der Waals surface area contributed by atoms with Gasteiger partial charge in [-0.25, -0.2) is 4.79 Å². The third-order valence-electron chi connectivity index (χ3n) is 7.17. The van der Waals surface area contributed by atoms with E-state index in [-0.39, 0.29) is 42.7 Å². The van der Waals surface area contributed by atoms with Crippen LogP contribution in [0, 0.1) is 5.92 Å². The van der Waals surface area contributed by atoms with Crippen LogP contribution in [0.2, 0.25) is 0 Å². The zero-order chi connectivity index (χ0) is 24.8. The predicted octanol–water partition coefficient (Wildman–Crippen LogP) is 0.336. The highest BCUT2D eigenvalue weighted by Crippen LogP contribution is 2.26. The van der Waals surface area contributed by atoms with Gasteiger partial charge in [-0.05, 0) is 65.0 Å². The number of amides is 3. The number of piperidine rings is 1. The van der Waals surface area contributed by atoms with E-state index < -0.39 is 24.1 Å². The van der Waals surface area contributed by atoms with Crippen molar-refractivity contribution in [3.63, 3.8) is 0 Å². The summed E-state index contributed by atoms with van der Waals surface area (Å²) in [5.74, 6) is -1.09. The van der Waals surface area contributed by atoms with E-state index in [4.69, 9.17) is 4.74 Å². The minimum Gasteiger partial charge on any atom is -0.464 e. The van der Waals surface area contributed by atoms with Crippen molar-refractivity contribution in [3.8, 4) is 0 Å². The Kier molecular flexibility index (Phi) is 9.04. The number of nitrogens with one attached hydrogen (secondary N) is 1. The van der Waals surface area contributed by atoms with Gasteiger partial charge in [0, 0.05) is 19.5 Å². The lowest BCUT2D eigenvalue weighted by molar-refractivity contribution is -0.154. The molecule has 0 saturated carbocycles. The molecule has 0 aromatic carbocycles. The standard InChI is InChI=1S/C24H38N4O6/c1-16-14-20(24(33)34-13-7-12-29)28(15-16)22(31)17(2)25-21(30)18-8-4-5-11-27(18)23(32)19-9-6-10-26(19)3/h12,16-20H,4-11,13-15H2,1-3H3,(H,25,30)/t16?,17?,18?,19-,20?/m0/s1. The molecule has 0 aromatic heterocycles. The highest BCUT2D eigenvalue weighted by atomic mass is 16.5. The Morgan fingerprint density at radius 3 is 2.44 bits per heavy atom. The van der Waals surface area contributed by atoms with E-state index in [1.165, 1.54) is 4.90 Å². The fourth-order valence-corrected chi connectivity index (χ4v) is 5.32. The van der Waals surface area contributed by atoms with Gasteiger partial charge in [0.25, 0.3) is 0 Å². The summed E-state index contributed by atoms with van der Waals surface area (Å²) in [5, 5.41) is 2.80. The number of likely N-dealkylation sites (tertiary alicyclic amines) is 3. The maximum atomic E-state index is 13.2. The number of carbonyl (C=O) groups excluding carboxylic acids is 5. The van der Waals surface area contributed by atoms with Crippen molar-refractivity contribution in [2.24, 2.45) is 5.92 Å². The van der Waals surface area contributed by atoms with Gasteiger partial charge in [-0.2, -0.15) is 0 Å². The maximum absolute atomic E-state index is 13.2. The van der Waals surface area contributed by atoms with Crippen LogP contribution in [-0.4, -0.2) is 102 Å². The Labute approximate surface area is 201 Å². The van der Waals surface area contributed by atoms with Crippen LogP contribution in [0.5, 0.6) is 0 Å². The molecule has 0 aromatic rings. The topological polar surface area (TPSA) is 116 Å². The number of hydrogen-bond acceptors (Lipinski definition) is 7. The zero-order valence-electron chi connectivity index (χ0n) is 20.5. The van der Waals surface area contributed by atoms with Crippen LogP contribution in [0.4, 0.5) is 0 Å². The van der Waals surface area contributed by atoms with Crippen molar-refractivity contribution in [2.75, 3.05) is 33.3 Å². The number of aldehydes is 1. The highest BCUT2D eigenvalue weighted by molar-refractivity contribution is 5.94. The minimum absolute atomic E-state index is 0.00895. The number of ether oxygens (including phenoxy) is 1. The summed E-state index contributed by atoms with van der Waals surface area (Å²) in [5.41, 5.74) is 0. The number of hydrogen-bond donors (Lipinski definition) is 1. The smallest absolute Gasteiger partial charge is 0.328 e. The van der Waals surface area contributed by atoms with Crippen molar-refractivity contribution in [1.82, 2.24) is 20.0 Å². The molecule has 4 unspecified atom stereocenters. The van der Waals surface area contributed by atoms with Gasteiger partial charge in [0.1, 0.15) is 24.4 Å². The van der Waals surface area contributed by atoms with Crippen molar-refractivity contribution < 1.29 is 28.7 Å².